The van der Waals surface area contributed by atoms with Gasteiger partial charge in [-0.15, -0.1) is 0 Å². The number of piperidine rings is 2. The molecule has 2 atom stereocenters. The van der Waals surface area contributed by atoms with E-state index in [0.717, 1.165) is 12.1 Å². The van der Waals surface area contributed by atoms with E-state index < -0.39 is 0 Å². The van der Waals surface area contributed by atoms with Gasteiger partial charge in [0.25, 0.3) is 5.91 Å². The van der Waals surface area contributed by atoms with E-state index in [1.54, 1.807) is 30.3 Å². The molecule has 2 N–H and O–H groups in total. The molecule has 2 fully saturated rings. The molecule has 0 spiro atoms. The fourth-order valence-electron chi connectivity index (χ4n) is 5.22. The summed E-state index contributed by atoms with van der Waals surface area (Å²) >= 11 is 0. The lowest BCUT2D eigenvalue weighted by molar-refractivity contribution is -0.111. The Bertz CT molecular complexity index is 1060. The molecule has 0 aromatic heterocycles. The SMILES string of the molecule is O=C(C=Cc1ccc2c(c1)OCO2)Nc1ccc(C(=O)NC[C@@H]2CCCN3CCCC[C@H]23)cc1. The summed E-state index contributed by atoms with van der Waals surface area (Å²) in [5.74, 6) is 1.61. The second-order valence-corrected chi connectivity index (χ2v) is 9.22. The summed E-state index contributed by atoms with van der Waals surface area (Å²) < 4.78 is 10.7. The zero-order valence-electron chi connectivity index (χ0n) is 19.3. The number of carbonyl (C=O) groups excluding carboxylic acids is 2. The topological polar surface area (TPSA) is 79.9 Å². The van der Waals surface area contributed by atoms with Gasteiger partial charge in [-0.05, 0) is 92.7 Å². The lowest BCUT2D eigenvalue weighted by Crippen LogP contribution is -2.51. The Balaban J connectivity index is 1.11. The summed E-state index contributed by atoms with van der Waals surface area (Å²) in [6.07, 6.45) is 9.44. The van der Waals surface area contributed by atoms with Crippen LogP contribution < -0.4 is 20.1 Å². The normalized spacial score (nSPS) is 21.8. The van der Waals surface area contributed by atoms with E-state index in [1.807, 2.05) is 18.2 Å². The Kier molecular flexibility index (Phi) is 6.81. The molecule has 2 aromatic rings. The van der Waals surface area contributed by atoms with Crippen molar-refractivity contribution >= 4 is 23.6 Å². The number of rotatable bonds is 6. The molecular weight excluding hydrogens is 430 g/mol. The Morgan fingerprint density at radius 3 is 2.68 bits per heavy atom. The van der Waals surface area contributed by atoms with Crippen molar-refractivity contribution in [3.05, 3.63) is 59.7 Å². The third-order valence-corrected chi connectivity index (χ3v) is 6.99. The maximum atomic E-state index is 12.7. The predicted octanol–water partition coefficient (Wildman–Crippen LogP) is 4.06. The van der Waals surface area contributed by atoms with Crippen LogP contribution in [0.3, 0.4) is 0 Å². The summed E-state index contributed by atoms with van der Waals surface area (Å²) in [5.41, 5.74) is 2.09. The van der Waals surface area contributed by atoms with Crippen LogP contribution in [0.5, 0.6) is 11.5 Å². The molecule has 5 rings (SSSR count). The minimum absolute atomic E-state index is 0.0616. The van der Waals surface area contributed by atoms with E-state index >= 15 is 0 Å². The average molecular weight is 462 g/mol. The third kappa shape index (κ3) is 5.25. The Hall–Kier alpha value is -3.32. The van der Waals surface area contributed by atoms with Crippen LogP contribution in [0.25, 0.3) is 6.08 Å². The van der Waals surface area contributed by atoms with Gasteiger partial charge in [0, 0.05) is 29.9 Å². The van der Waals surface area contributed by atoms with E-state index in [2.05, 4.69) is 15.5 Å². The summed E-state index contributed by atoms with van der Waals surface area (Å²) in [5, 5.41) is 5.96. The quantitative estimate of drug-likeness (QED) is 0.634. The van der Waals surface area contributed by atoms with E-state index in [1.165, 1.54) is 51.3 Å². The maximum absolute atomic E-state index is 12.7. The molecule has 2 saturated heterocycles. The maximum Gasteiger partial charge on any atom is 0.251 e. The van der Waals surface area contributed by atoms with Crippen LogP contribution in [0.1, 0.15) is 48.0 Å². The number of nitrogens with one attached hydrogen (secondary N) is 2. The molecule has 0 aliphatic carbocycles. The second kappa shape index (κ2) is 10.3. The molecular formula is C27H31N3O4. The van der Waals surface area contributed by atoms with Crippen molar-refractivity contribution in [2.45, 2.75) is 38.1 Å². The van der Waals surface area contributed by atoms with Crippen LogP contribution in [-0.2, 0) is 4.79 Å². The highest BCUT2D eigenvalue weighted by molar-refractivity contribution is 6.02. The predicted molar refractivity (Wildman–Crippen MR) is 131 cm³/mol. The molecule has 3 aliphatic heterocycles. The Morgan fingerprint density at radius 1 is 0.971 bits per heavy atom. The molecule has 7 nitrogen and oxygen atoms in total. The van der Waals surface area contributed by atoms with Gasteiger partial charge >= 0.3 is 0 Å². The first-order chi connectivity index (χ1) is 16.7. The number of ether oxygens (including phenoxy) is 2. The van der Waals surface area contributed by atoms with Crippen molar-refractivity contribution < 1.29 is 19.1 Å². The number of anilines is 1. The van der Waals surface area contributed by atoms with Crippen molar-refractivity contribution in [1.29, 1.82) is 0 Å². The van der Waals surface area contributed by atoms with Gasteiger partial charge in [0.15, 0.2) is 11.5 Å². The van der Waals surface area contributed by atoms with Crippen LogP contribution in [0.4, 0.5) is 5.69 Å². The van der Waals surface area contributed by atoms with Gasteiger partial charge in [0.1, 0.15) is 0 Å². The zero-order chi connectivity index (χ0) is 23.3. The van der Waals surface area contributed by atoms with E-state index in [4.69, 9.17) is 9.47 Å². The van der Waals surface area contributed by atoms with Gasteiger partial charge in [-0.1, -0.05) is 12.5 Å². The van der Waals surface area contributed by atoms with Crippen LogP contribution in [0, 0.1) is 5.92 Å². The van der Waals surface area contributed by atoms with E-state index in [0.29, 0.717) is 34.7 Å². The van der Waals surface area contributed by atoms with Crippen LogP contribution in [0.15, 0.2) is 48.5 Å². The lowest BCUT2D eigenvalue weighted by atomic mass is 9.83. The smallest absolute Gasteiger partial charge is 0.251 e. The van der Waals surface area contributed by atoms with Crippen LogP contribution in [-0.4, -0.2) is 49.2 Å². The van der Waals surface area contributed by atoms with Crippen molar-refractivity contribution in [1.82, 2.24) is 10.2 Å². The molecule has 2 aromatic carbocycles. The van der Waals surface area contributed by atoms with Crippen LogP contribution in [0.2, 0.25) is 0 Å². The number of fused-ring (bicyclic) bond motifs is 2. The monoisotopic (exact) mass is 461 g/mol. The molecule has 178 valence electrons. The molecule has 7 heteroatoms. The minimum Gasteiger partial charge on any atom is -0.454 e. The summed E-state index contributed by atoms with van der Waals surface area (Å²) in [7, 11) is 0. The largest absolute Gasteiger partial charge is 0.454 e. The first kappa shape index (κ1) is 22.5. The molecule has 0 bridgehead atoms. The lowest BCUT2D eigenvalue weighted by Gasteiger charge is -2.44. The standard InChI is InChI=1S/C27H31N3O4/c31-26(13-7-19-6-12-24-25(16-19)34-18-33-24)29-22-10-8-20(9-11-22)27(32)28-17-21-4-3-15-30-14-2-1-5-23(21)30/h6-13,16,21,23H,1-5,14-15,17-18H2,(H,28,32)(H,29,31)/t21-,23+/m0/s1. The first-order valence-corrected chi connectivity index (χ1v) is 12.2. The summed E-state index contributed by atoms with van der Waals surface area (Å²) in [6, 6.07) is 13.1. The van der Waals surface area contributed by atoms with Gasteiger partial charge in [0.2, 0.25) is 12.7 Å². The molecule has 3 heterocycles. The van der Waals surface area contributed by atoms with Crippen LogP contribution >= 0.6 is 0 Å². The summed E-state index contributed by atoms with van der Waals surface area (Å²) in [4.78, 5) is 27.6. The van der Waals surface area contributed by atoms with Crippen molar-refractivity contribution in [3.63, 3.8) is 0 Å². The highest BCUT2D eigenvalue weighted by Gasteiger charge is 2.32. The molecule has 0 radical (unpaired) electrons. The average Bonchev–Trinajstić information content (AvgIpc) is 3.34. The zero-order valence-corrected chi connectivity index (χ0v) is 19.3. The molecule has 0 saturated carbocycles. The molecule has 0 unspecified atom stereocenters. The van der Waals surface area contributed by atoms with Gasteiger partial charge in [-0.3, -0.25) is 9.59 Å². The number of nitrogens with zero attached hydrogens (tertiary/aromatic N) is 1. The highest BCUT2D eigenvalue weighted by Crippen LogP contribution is 2.33. The van der Waals surface area contributed by atoms with Crippen molar-refractivity contribution in [2.75, 3.05) is 31.7 Å². The van der Waals surface area contributed by atoms with Crippen molar-refractivity contribution in [2.24, 2.45) is 5.92 Å². The van der Waals surface area contributed by atoms with Crippen molar-refractivity contribution in [3.8, 4) is 11.5 Å². The van der Waals surface area contributed by atoms with Gasteiger partial charge in [-0.25, -0.2) is 0 Å². The van der Waals surface area contributed by atoms with Gasteiger partial charge in [-0.2, -0.15) is 0 Å². The number of benzene rings is 2. The second-order valence-electron chi connectivity index (χ2n) is 9.22. The Labute approximate surface area is 200 Å². The van der Waals surface area contributed by atoms with E-state index in [9.17, 15) is 9.59 Å². The van der Waals surface area contributed by atoms with Gasteiger partial charge in [0.05, 0.1) is 0 Å². The fourth-order valence-corrected chi connectivity index (χ4v) is 5.22. The summed E-state index contributed by atoms with van der Waals surface area (Å²) in [6.45, 7) is 3.35. The molecule has 34 heavy (non-hydrogen) atoms. The fraction of sp³-hybridized carbons (Fsp3) is 0.407. The third-order valence-electron chi connectivity index (χ3n) is 6.99. The molecule has 2 amide bonds. The Morgan fingerprint density at radius 2 is 1.79 bits per heavy atom. The minimum atomic E-state index is -0.246. The highest BCUT2D eigenvalue weighted by atomic mass is 16.7. The van der Waals surface area contributed by atoms with Gasteiger partial charge < -0.3 is 25.0 Å². The number of hydrogen-bond donors (Lipinski definition) is 2. The van der Waals surface area contributed by atoms with E-state index in [-0.39, 0.29) is 18.6 Å². The number of carbonyl (C=O) groups is 2. The first-order valence-electron chi connectivity index (χ1n) is 12.2. The number of hydrogen-bond acceptors (Lipinski definition) is 5. The number of amides is 2. The molecule has 3 aliphatic rings.